The molecule has 4 nitrogen and oxygen atoms in total. The van der Waals surface area contributed by atoms with E-state index in [1.807, 2.05) is 0 Å². The van der Waals surface area contributed by atoms with Gasteiger partial charge in [-0.05, 0) is 19.1 Å². The minimum Gasteiger partial charge on any atom is -0.491 e. The van der Waals surface area contributed by atoms with E-state index in [0.29, 0.717) is 12.0 Å². The van der Waals surface area contributed by atoms with Crippen LogP contribution in [0.25, 0.3) is 10.9 Å². The lowest BCUT2D eigenvalue weighted by atomic mass is 10.2. The molecule has 1 aromatic heterocycles. The van der Waals surface area contributed by atoms with Gasteiger partial charge in [0.25, 0.3) is 0 Å². The molecule has 0 aliphatic rings. The molecule has 0 bridgehead atoms. The molecule has 1 heterocycles. The van der Waals surface area contributed by atoms with Crippen LogP contribution in [0.5, 0.6) is 5.75 Å². The molecule has 2 N–H and O–H groups in total. The minimum absolute atomic E-state index is 0.105. The number of fused-ring (bicyclic) bond motifs is 1. The van der Waals surface area contributed by atoms with Crippen LogP contribution >= 0.6 is 0 Å². The maximum atomic E-state index is 13.6. The van der Waals surface area contributed by atoms with Crippen LogP contribution in [0.3, 0.4) is 0 Å². The van der Waals surface area contributed by atoms with Crippen LogP contribution in [-0.2, 0) is 0 Å². The zero-order valence-electron chi connectivity index (χ0n) is 7.58. The fourth-order valence-corrected chi connectivity index (χ4v) is 1.25. The average Bonchev–Trinajstić information content (AvgIpc) is 2.54. The SMILES string of the molecule is CCOc1ccc2c(N)onc2c1F. The molecule has 0 aliphatic carbocycles. The van der Waals surface area contributed by atoms with E-state index < -0.39 is 5.82 Å². The number of aromatic nitrogens is 1. The van der Waals surface area contributed by atoms with Gasteiger partial charge >= 0.3 is 0 Å². The Hall–Kier alpha value is -1.78. The Balaban J connectivity index is 2.63. The molecule has 0 saturated heterocycles. The van der Waals surface area contributed by atoms with Crippen molar-refractivity contribution in [2.24, 2.45) is 0 Å². The third-order valence-electron chi connectivity index (χ3n) is 1.88. The number of rotatable bonds is 2. The van der Waals surface area contributed by atoms with E-state index in [1.54, 1.807) is 13.0 Å². The Morgan fingerprint density at radius 2 is 2.36 bits per heavy atom. The first-order valence-corrected chi connectivity index (χ1v) is 4.20. The fourth-order valence-electron chi connectivity index (χ4n) is 1.25. The molecule has 0 amide bonds. The molecular weight excluding hydrogens is 187 g/mol. The van der Waals surface area contributed by atoms with Gasteiger partial charge in [-0.1, -0.05) is 5.16 Å². The number of nitrogens with two attached hydrogens (primary N) is 1. The molecule has 0 spiro atoms. The van der Waals surface area contributed by atoms with Crippen LogP contribution in [0.1, 0.15) is 6.92 Å². The Morgan fingerprint density at radius 1 is 1.57 bits per heavy atom. The summed E-state index contributed by atoms with van der Waals surface area (Å²) in [6.45, 7) is 2.18. The third-order valence-corrected chi connectivity index (χ3v) is 1.88. The van der Waals surface area contributed by atoms with Crippen LogP contribution in [0, 0.1) is 5.82 Å². The monoisotopic (exact) mass is 196 g/mol. The highest BCUT2D eigenvalue weighted by Crippen LogP contribution is 2.28. The smallest absolute Gasteiger partial charge is 0.230 e. The molecule has 0 fully saturated rings. The van der Waals surface area contributed by atoms with E-state index in [4.69, 9.17) is 10.5 Å². The Morgan fingerprint density at radius 3 is 3.07 bits per heavy atom. The van der Waals surface area contributed by atoms with Crippen molar-refractivity contribution in [3.8, 4) is 5.75 Å². The van der Waals surface area contributed by atoms with Gasteiger partial charge in [-0.2, -0.15) is 0 Å². The second-order valence-corrected chi connectivity index (χ2v) is 2.75. The number of benzene rings is 1. The summed E-state index contributed by atoms with van der Waals surface area (Å²) in [5.41, 5.74) is 5.54. The van der Waals surface area contributed by atoms with E-state index in [9.17, 15) is 4.39 Å². The molecule has 5 heteroatoms. The first-order valence-electron chi connectivity index (χ1n) is 4.20. The highest BCUT2D eigenvalue weighted by Gasteiger charge is 2.14. The quantitative estimate of drug-likeness (QED) is 0.797. The van der Waals surface area contributed by atoms with Crippen molar-refractivity contribution in [3.05, 3.63) is 17.9 Å². The second-order valence-electron chi connectivity index (χ2n) is 2.75. The largest absolute Gasteiger partial charge is 0.491 e. The summed E-state index contributed by atoms with van der Waals surface area (Å²) in [6, 6.07) is 3.13. The van der Waals surface area contributed by atoms with Crippen molar-refractivity contribution < 1.29 is 13.7 Å². The van der Waals surface area contributed by atoms with Gasteiger partial charge in [0.15, 0.2) is 17.1 Å². The summed E-state index contributed by atoms with van der Waals surface area (Å²) in [6.07, 6.45) is 0. The zero-order valence-corrected chi connectivity index (χ0v) is 7.58. The Kier molecular flexibility index (Phi) is 1.99. The third kappa shape index (κ3) is 1.17. The normalized spacial score (nSPS) is 10.7. The van der Waals surface area contributed by atoms with Gasteiger partial charge in [-0.25, -0.2) is 4.39 Å². The second kappa shape index (κ2) is 3.17. The van der Waals surface area contributed by atoms with Crippen LogP contribution in [0.2, 0.25) is 0 Å². The average molecular weight is 196 g/mol. The van der Waals surface area contributed by atoms with Crippen molar-refractivity contribution in [3.63, 3.8) is 0 Å². The van der Waals surface area contributed by atoms with Crippen molar-refractivity contribution >= 4 is 16.8 Å². The van der Waals surface area contributed by atoms with E-state index in [-0.39, 0.29) is 17.2 Å². The number of hydrogen-bond donors (Lipinski definition) is 1. The van der Waals surface area contributed by atoms with Crippen LogP contribution in [0.4, 0.5) is 10.3 Å². The highest BCUT2D eigenvalue weighted by molar-refractivity contribution is 5.88. The summed E-state index contributed by atoms with van der Waals surface area (Å²) < 4.78 is 23.3. The summed E-state index contributed by atoms with van der Waals surface area (Å²) in [7, 11) is 0. The van der Waals surface area contributed by atoms with Crippen LogP contribution < -0.4 is 10.5 Å². The molecule has 2 aromatic rings. The van der Waals surface area contributed by atoms with Gasteiger partial charge in [-0.15, -0.1) is 0 Å². The molecule has 0 aliphatic heterocycles. The van der Waals surface area contributed by atoms with Crippen molar-refractivity contribution in [1.82, 2.24) is 5.16 Å². The van der Waals surface area contributed by atoms with Crippen molar-refractivity contribution in [2.45, 2.75) is 6.92 Å². The molecule has 0 atom stereocenters. The van der Waals surface area contributed by atoms with Crippen molar-refractivity contribution in [2.75, 3.05) is 12.3 Å². The first-order chi connectivity index (χ1) is 6.74. The number of nitrogen functional groups attached to an aromatic ring is 1. The van der Waals surface area contributed by atoms with E-state index >= 15 is 0 Å². The van der Waals surface area contributed by atoms with Crippen molar-refractivity contribution in [1.29, 1.82) is 0 Å². The van der Waals surface area contributed by atoms with Gasteiger partial charge in [-0.3, -0.25) is 0 Å². The molecule has 1 aromatic carbocycles. The topological polar surface area (TPSA) is 61.3 Å². The van der Waals surface area contributed by atoms with E-state index in [2.05, 4.69) is 9.68 Å². The highest BCUT2D eigenvalue weighted by atomic mass is 19.1. The van der Waals surface area contributed by atoms with Gasteiger partial charge in [0.05, 0.1) is 12.0 Å². The molecule has 14 heavy (non-hydrogen) atoms. The van der Waals surface area contributed by atoms with E-state index in [1.165, 1.54) is 6.07 Å². The predicted octanol–water partition coefficient (Wildman–Crippen LogP) is 1.95. The standard InChI is InChI=1S/C9H9FN2O2/c1-2-13-6-4-3-5-8(7(6)10)12-14-9(5)11/h3-4H,2,11H2,1H3. The predicted molar refractivity (Wildman–Crippen MR) is 49.5 cm³/mol. The lowest BCUT2D eigenvalue weighted by Gasteiger charge is -2.03. The first kappa shape index (κ1) is 8.80. The van der Waals surface area contributed by atoms with Gasteiger partial charge < -0.3 is 15.0 Å². The molecule has 0 saturated carbocycles. The van der Waals surface area contributed by atoms with Crippen LogP contribution in [-0.4, -0.2) is 11.8 Å². The maximum absolute atomic E-state index is 13.6. The maximum Gasteiger partial charge on any atom is 0.230 e. The summed E-state index contributed by atoms with van der Waals surface area (Å²) in [5.74, 6) is -0.264. The molecule has 74 valence electrons. The Bertz CT molecular complexity index is 467. The Labute approximate surface area is 79.4 Å². The zero-order chi connectivity index (χ0) is 10.1. The molecular formula is C9H9FN2O2. The summed E-state index contributed by atoms with van der Waals surface area (Å²) in [4.78, 5) is 0. The summed E-state index contributed by atoms with van der Waals surface area (Å²) in [5, 5.41) is 3.97. The number of ether oxygens (including phenoxy) is 1. The number of anilines is 1. The lowest BCUT2D eigenvalue weighted by Crippen LogP contribution is -1.94. The van der Waals surface area contributed by atoms with E-state index in [0.717, 1.165) is 0 Å². The molecule has 2 rings (SSSR count). The van der Waals surface area contributed by atoms with Gasteiger partial charge in [0.2, 0.25) is 5.88 Å². The molecule has 0 radical (unpaired) electrons. The fraction of sp³-hybridized carbons (Fsp3) is 0.222. The van der Waals surface area contributed by atoms with Gasteiger partial charge in [0, 0.05) is 0 Å². The lowest BCUT2D eigenvalue weighted by molar-refractivity contribution is 0.322. The number of nitrogens with zero attached hydrogens (tertiary/aromatic N) is 1. The minimum atomic E-state index is -0.537. The molecule has 0 unspecified atom stereocenters. The summed E-state index contributed by atoms with van der Waals surface area (Å²) >= 11 is 0. The van der Waals surface area contributed by atoms with Gasteiger partial charge in [0.1, 0.15) is 0 Å². The van der Waals surface area contributed by atoms with Crippen LogP contribution in [0.15, 0.2) is 16.7 Å². The number of halogens is 1. The number of hydrogen-bond acceptors (Lipinski definition) is 4.